The second-order valence-corrected chi connectivity index (χ2v) is 5.69. The van der Waals surface area contributed by atoms with Crippen LogP contribution >= 0.6 is 0 Å². The minimum atomic E-state index is 0.615. The van der Waals surface area contributed by atoms with E-state index in [0.717, 1.165) is 17.9 Å². The molecule has 4 heteroatoms. The van der Waals surface area contributed by atoms with E-state index < -0.39 is 0 Å². The molecule has 0 unspecified atom stereocenters. The van der Waals surface area contributed by atoms with Gasteiger partial charge in [-0.15, -0.1) is 0 Å². The van der Waals surface area contributed by atoms with Crippen molar-refractivity contribution in [3.05, 3.63) is 23.4 Å². The zero-order valence-corrected chi connectivity index (χ0v) is 12.4. The first-order chi connectivity index (χ1) is 9.69. The number of aryl methyl sites for hydroxylation is 1. The maximum Gasteiger partial charge on any atom is 0.213 e. The lowest BCUT2D eigenvalue weighted by atomic mass is 9.93. The molecule has 4 nitrogen and oxygen atoms in total. The Labute approximate surface area is 121 Å². The van der Waals surface area contributed by atoms with Crippen molar-refractivity contribution < 1.29 is 4.74 Å². The zero-order valence-electron chi connectivity index (χ0n) is 12.4. The van der Waals surface area contributed by atoms with Crippen LogP contribution in [0, 0.1) is 24.2 Å². The summed E-state index contributed by atoms with van der Waals surface area (Å²) in [6.45, 7) is 5.07. The highest BCUT2D eigenvalue weighted by Gasteiger charge is 2.15. The van der Waals surface area contributed by atoms with Gasteiger partial charge in [-0.25, -0.2) is 4.98 Å². The van der Waals surface area contributed by atoms with E-state index in [2.05, 4.69) is 23.0 Å². The summed E-state index contributed by atoms with van der Waals surface area (Å²) in [5.41, 5.74) is 1.54. The Morgan fingerprint density at radius 2 is 2.20 bits per heavy atom. The molecule has 0 spiro atoms. The molecule has 1 aromatic heterocycles. The molecular weight excluding hydrogens is 250 g/mol. The number of ether oxygens (including phenoxy) is 1. The van der Waals surface area contributed by atoms with Crippen LogP contribution in [0.25, 0.3) is 0 Å². The lowest BCUT2D eigenvalue weighted by molar-refractivity contribution is 0.199. The summed E-state index contributed by atoms with van der Waals surface area (Å²) in [6.07, 6.45) is 6.52. The highest BCUT2D eigenvalue weighted by Crippen LogP contribution is 2.21. The molecule has 0 atom stereocenters. The number of hydrogen-bond donors (Lipinski definition) is 0. The Morgan fingerprint density at radius 3 is 2.85 bits per heavy atom. The van der Waals surface area contributed by atoms with E-state index in [0.29, 0.717) is 18.1 Å². The van der Waals surface area contributed by atoms with Crippen LogP contribution in [0.1, 0.15) is 36.8 Å². The van der Waals surface area contributed by atoms with Gasteiger partial charge in [0.25, 0.3) is 0 Å². The van der Waals surface area contributed by atoms with Gasteiger partial charge in [-0.1, -0.05) is 0 Å². The molecule has 0 saturated carbocycles. The number of nitriles is 1. The highest BCUT2D eigenvalue weighted by molar-refractivity contribution is 5.36. The molecule has 1 fully saturated rings. The fourth-order valence-corrected chi connectivity index (χ4v) is 2.63. The summed E-state index contributed by atoms with van der Waals surface area (Å²) in [5.74, 6) is 1.48. The zero-order chi connectivity index (χ0) is 14.4. The molecule has 0 N–H and O–H groups in total. The van der Waals surface area contributed by atoms with Crippen LogP contribution in [-0.2, 0) is 0 Å². The minimum absolute atomic E-state index is 0.615. The summed E-state index contributed by atoms with van der Waals surface area (Å²) < 4.78 is 5.67. The smallest absolute Gasteiger partial charge is 0.213 e. The van der Waals surface area contributed by atoms with Crippen molar-refractivity contribution in [1.82, 2.24) is 9.88 Å². The van der Waals surface area contributed by atoms with Gasteiger partial charge in [0.15, 0.2) is 0 Å². The summed E-state index contributed by atoms with van der Waals surface area (Å²) in [4.78, 5) is 6.55. The normalized spacial score (nSPS) is 16.9. The van der Waals surface area contributed by atoms with E-state index in [-0.39, 0.29) is 0 Å². The summed E-state index contributed by atoms with van der Waals surface area (Å²) in [7, 11) is 2.19. The summed E-state index contributed by atoms with van der Waals surface area (Å²) in [5, 5.41) is 8.85. The van der Waals surface area contributed by atoms with Crippen LogP contribution in [0.2, 0.25) is 0 Å². The number of pyridine rings is 1. The third kappa shape index (κ3) is 4.21. The Hall–Kier alpha value is -1.60. The van der Waals surface area contributed by atoms with Gasteiger partial charge in [0.1, 0.15) is 6.07 Å². The molecule has 0 aliphatic carbocycles. The van der Waals surface area contributed by atoms with Crippen LogP contribution in [0.5, 0.6) is 5.88 Å². The number of piperidine rings is 1. The van der Waals surface area contributed by atoms with Gasteiger partial charge < -0.3 is 9.64 Å². The number of aromatic nitrogens is 1. The van der Waals surface area contributed by atoms with E-state index in [1.54, 1.807) is 6.20 Å². The van der Waals surface area contributed by atoms with E-state index in [4.69, 9.17) is 10.00 Å². The monoisotopic (exact) mass is 273 g/mol. The van der Waals surface area contributed by atoms with Gasteiger partial charge in [0.2, 0.25) is 5.88 Å². The van der Waals surface area contributed by atoms with Gasteiger partial charge in [-0.3, -0.25) is 0 Å². The van der Waals surface area contributed by atoms with Crippen LogP contribution in [-0.4, -0.2) is 36.6 Å². The number of rotatable bonds is 5. The largest absolute Gasteiger partial charge is 0.478 e. The summed E-state index contributed by atoms with van der Waals surface area (Å²) in [6, 6.07) is 3.96. The summed E-state index contributed by atoms with van der Waals surface area (Å²) >= 11 is 0. The van der Waals surface area contributed by atoms with Gasteiger partial charge in [-0.2, -0.15) is 5.26 Å². The molecule has 2 rings (SSSR count). The Kier molecular flexibility index (Phi) is 5.37. The average Bonchev–Trinajstić information content (AvgIpc) is 2.46. The topological polar surface area (TPSA) is 49.1 Å². The van der Waals surface area contributed by atoms with Gasteiger partial charge in [0.05, 0.1) is 12.2 Å². The molecule has 20 heavy (non-hydrogen) atoms. The van der Waals surface area contributed by atoms with Crippen molar-refractivity contribution >= 4 is 0 Å². The molecule has 0 amide bonds. The van der Waals surface area contributed by atoms with E-state index in [1.165, 1.54) is 32.4 Å². The molecule has 0 aromatic carbocycles. The Balaban J connectivity index is 1.68. The first kappa shape index (κ1) is 14.8. The van der Waals surface area contributed by atoms with E-state index in [9.17, 15) is 0 Å². The first-order valence-electron chi connectivity index (χ1n) is 7.37. The van der Waals surface area contributed by atoms with Crippen molar-refractivity contribution in [1.29, 1.82) is 5.26 Å². The van der Waals surface area contributed by atoms with Gasteiger partial charge >= 0.3 is 0 Å². The molecule has 1 aromatic rings. The predicted octanol–water partition coefficient (Wildman–Crippen LogP) is 2.76. The fraction of sp³-hybridized carbons (Fsp3) is 0.625. The van der Waals surface area contributed by atoms with Crippen molar-refractivity contribution in [3.8, 4) is 11.9 Å². The van der Waals surface area contributed by atoms with E-state index in [1.807, 2.05) is 13.0 Å². The van der Waals surface area contributed by atoms with Crippen LogP contribution in [0.15, 0.2) is 12.3 Å². The molecule has 0 bridgehead atoms. The maximum atomic E-state index is 8.85. The van der Waals surface area contributed by atoms with Crippen LogP contribution < -0.4 is 4.74 Å². The molecule has 1 aliphatic rings. The minimum Gasteiger partial charge on any atom is -0.478 e. The van der Waals surface area contributed by atoms with Crippen molar-refractivity contribution in [2.75, 3.05) is 26.7 Å². The first-order valence-corrected chi connectivity index (χ1v) is 7.37. The lowest BCUT2D eigenvalue weighted by Gasteiger charge is -2.28. The average molecular weight is 273 g/mol. The second-order valence-electron chi connectivity index (χ2n) is 5.69. The number of likely N-dealkylation sites (tertiary alicyclic amines) is 1. The highest BCUT2D eigenvalue weighted by atomic mass is 16.5. The van der Waals surface area contributed by atoms with Crippen LogP contribution in [0.4, 0.5) is 0 Å². The quantitative estimate of drug-likeness (QED) is 0.774. The second kappa shape index (κ2) is 7.25. The molecule has 1 saturated heterocycles. The third-order valence-corrected chi connectivity index (χ3v) is 4.05. The number of nitrogens with zero attached hydrogens (tertiary/aromatic N) is 3. The standard InChI is InChI=1S/C16H23N3O/c1-13-10-16(18-12-15(13)11-17)20-9-3-4-14-5-7-19(2)8-6-14/h10,12,14H,3-9H2,1-2H3. The lowest BCUT2D eigenvalue weighted by Crippen LogP contribution is -2.30. The fourth-order valence-electron chi connectivity index (χ4n) is 2.63. The predicted molar refractivity (Wildman–Crippen MR) is 78.6 cm³/mol. The molecule has 2 heterocycles. The van der Waals surface area contributed by atoms with Crippen molar-refractivity contribution in [2.45, 2.75) is 32.6 Å². The van der Waals surface area contributed by atoms with Gasteiger partial charge in [0, 0.05) is 12.3 Å². The molecule has 108 valence electrons. The van der Waals surface area contributed by atoms with Crippen molar-refractivity contribution in [2.24, 2.45) is 5.92 Å². The Morgan fingerprint density at radius 1 is 1.45 bits per heavy atom. The molecule has 0 radical (unpaired) electrons. The van der Waals surface area contributed by atoms with Gasteiger partial charge in [-0.05, 0) is 64.2 Å². The van der Waals surface area contributed by atoms with Crippen LogP contribution in [0.3, 0.4) is 0 Å². The van der Waals surface area contributed by atoms with E-state index >= 15 is 0 Å². The Bertz CT molecular complexity index is 473. The molecular formula is C16H23N3O. The van der Waals surface area contributed by atoms with Crippen molar-refractivity contribution in [3.63, 3.8) is 0 Å². The molecule has 1 aliphatic heterocycles. The number of hydrogen-bond acceptors (Lipinski definition) is 4. The maximum absolute atomic E-state index is 8.85. The third-order valence-electron chi connectivity index (χ3n) is 4.05. The SMILES string of the molecule is Cc1cc(OCCCC2CCN(C)CC2)ncc1C#N.